The molecule has 0 saturated heterocycles. The van der Waals surface area contributed by atoms with Crippen LogP contribution >= 0.6 is 0 Å². The molecule has 0 heterocycles. The van der Waals surface area contributed by atoms with E-state index in [0.717, 1.165) is 0 Å². The Hall–Kier alpha value is -1.09. The molecule has 6 nitrogen and oxygen atoms in total. The van der Waals surface area contributed by atoms with Crippen molar-refractivity contribution < 1.29 is 17.9 Å². The highest BCUT2D eigenvalue weighted by Crippen LogP contribution is 2.14. The molecule has 0 spiro atoms. The molecule has 0 radical (unpaired) electrons. The van der Waals surface area contributed by atoms with Crippen molar-refractivity contribution in [2.75, 3.05) is 0 Å². The van der Waals surface area contributed by atoms with Gasteiger partial charge in [-0.2, -0.15) is 0 Å². The lowest BCUT2D eigenvalue weighted by Crippen LogP contribution is -2.02. The molecule has 0 amide bonds. The topological polar surface area (TPSA) is 92.5 Å². The van der Waals surface area contributed by atoms with E-state index in [-0.39, 0.29) is 12.3 Å². The molecule has 0 aliphatic heterocycles. The van der Waals surface area contributed by atoms with Gasteiger partial charge in [0.25, 0.3) is 5.69 Å². The zero-order chi connectivity index (χ0) is 11.5. The van der Waals surface area contributed by atoms with Crippen LogP contribution in [0.4, 0.5) is 5.69 Å². The Balaban J connectivity index is 2.79. The van der Waals surface area contributed by atoms with E-state index in [1.165, 1.54) is 24.3 Å². The maximum absolute atomic E-state index is 10.5. The Morgan fingerprint density at radius 1 is 1.53 bits per heavy atom. The minimum atomic E-state index is -3.94. The van der Waals surface area contributed by atoms with Crippen molar-refractivity contribution in [3.8, 4) is 0 Å². The molecule has 1 aromatic carbocycles. The Kier molecular flexibility index (Phi) is 3.69. The van der Waals surface area contributed by atoms with Crippen molar-refractivity contribution in [3.05, 3.63) is 39.9 Å². The number of rotatable bonds is 4. The highest BCUT2D eigenvalue weighted by molar-refractivity contribution is 8.26. The first-order chi connectivity index (χ1) is 6.88. The normalized spacial score (nSPS) is 14.5. The van der Waals surface area contributed by atoms with Crippen LogP contribution in [-0.2, 0) is 31.0 Å². The predicted octanol–water partition coefficient (Wildman–Crippen LogP) is 0.903. The van der Waals surface area contributed by atoms with E-state index in [2.05, 4.69) is 15.4 Å². The van der Waals surface area contributed by atoms with Gasteiger partial charge in [0.2, 0.25) is 0 Å². The van der Waals surface area contributed by atoms with Gasteiger partial charge in [-0.05, 0) is 16.8 Å². The van der Waals surface area contributed by atoms with Crippen LogP contribution in [0, 0.1) is 10.1 Å². The molecule has 0 aromatic heterocycles. The van der Waals surface area contributed by atoms with Crippen LogP contribution in [0.3, 0.4) is 0 Å². The maximum Gasteiger partial charge on any atom is 0.269 e. The molecule has 1 rings (SSSR count). The molecular weight excluding hydrogens is 242 g/mol. The number of benzene rings is 1. The summed E-state index contributed by atoms with van der Waals surface area (Å²) in [6.45, 7) is -0.298. The van der Waals surface area contributed by atoms with E-state index in [1.807, 2.05) is 0 Å². The van der Waals surface area contributed by atoms with Crippen LogP contribution in [0.15, 0.2) is 24.3 Å². The number of hydrogen-bond donors (Lipinski definition) is 0. The van der Waals surface area contributed by atoms with Crippen LogP contribution in [0.5, 0.6) is 0 Å². The lowest BCUT2D eigenvalue weighted by atomic mass is 10.2. The zero-order valence-corrected chi connectivity index (χ0v) is 8.95. The Morgan fingerprint density at radius 2 is 2.20 bits per heavy atom. The van der Waals surface area contributed by atoms with E-state index >= 15 is 0 Å². The summed E-state index contributed by atoms with van der Waals surface area (Å²) in [4.78, 5) is 9.80. The Morgan fingerprint density at radius 3 is 2.73 bits per heavy atom. The van der Waals surface area contributed by atoms with Crippen LogP contribution in [0.1, 0.15) is 5.56 Å². The van der Waals surface area contributed by atoms with Gasteiger partial charge in [-0.25, -0.2) is 4.21 Å². The summed E-state index contributed by atoms with van der Waals surface area (Å²) < 4.78 is 25.3. The van der Waals surface area contributed by atoms with Crippen LogP contribution in [-0.4, -0.2) is 13.7 Å². The van der Waals surface area contributed by atoms with Gasteiger partial charge in [0, 0.05) is 12.1 Å². The molecule has 0 saturated carbocycles. The fourth-order valence-corrected chi connectivity index (χ4v) is 1.32. The van der Waals surface area contributed by atoms with Gasteiger partial charge in [0.15, 0.2) is 0 Å². The van der Waals surface area contributed by atoms with Gasteiger partial charge in [-0.15, -0.1) is 0 Å². The van der Waals surface area contributed by atoms with Gasteiger partial charge in [0.1, 0.15) is 0 Å². The number of nitro groups is 1. The third-order valence-corrected chi connectivity index (χ3v) is 2.19. The second-order valence-corrected chi connectivity index (χ2v) is 4.87. The van der Waals surface area contributed by atoms with Gasteiger partial charge in [-0.1, -0.05) is 12.1 Å². The first kappa shape index (κ1) is 12.0. The average molecular weight is 248 g/mol. The molecule has 8 heteroatoms. The van der Waals surface area contributed by atoms with E-state index in [0.29, 0.717) is 5.56 Å². The van der Waals surface area contributed by atoms with Gasteiger partial charge < -0.3 is 4.55 Å². The Labute approximate surface area is 90.7 Å². The monoisotopic (exact) mass is 248 g/mol. The molecule has 0 N–H and O–H groups in total. The van der Waals surface area contributed by atoms with E-state index in [9.17, 15) is 18.9 Å². The quantitative estimate of drug-likeness (QED) is 0.580. The summed E-state index contributed by atoms with van der Waals surface area (Å²) in [5.41, 5.74) is 0.246. The number of non-ortho nitro benzene ring substituents is 1. The second kappa shape index (κ2) is 4.62. The van der Waals surface area contributed by atoms with Crippen molar-refractivity contribution in [1.29, 1.82) is 0 Å². The third kappa shape index (κ3) is 4.30. The molecule has 1 aromatic rings. The summed E-state index contributed by atoms with van der Waals surface area (Å²) in [5.74, 6) is 0. The molecule has 0 aliphatic rings. The maximum atomic E-state index is 10.5. The van der Waals surface area contributed by atoms with Crippen molar-refractivity contribution >= 4 is 25.9 Å². The fourth-order valence-electron chi connectivity index (χ4n) is 0.900. The summed E-state index contributed by atoms with van der Waals surface area (Å²) in [5, 5.41) is 10.4. The standard InChI is InChI=1S/C7H7NO5S2/c9-8(10)7-3-1-2-6(4-7)5-13-15(11,12)14/h1-4H,5H2,(H,11,12,14)/p-1. The second-order valence-electron chi connectivity index (χ2n) is 2.60. The van der Waals surface area contributed by atoms with Crippen molar-refractivity contribution in [2.24, 2.45) is 0 Å². The van der Waals surface area contributed by atoms with Crippen LogP contribution in [0.2, 0.25) is 0 Å². The van der Waals surface area contributed by atoms with Gasteiger partial charge in [-0.3, -0.25) is 14.3 Å². The lowest BCUT2D eigenvalue weighted by molar-refractivity contribution is -0.384. The number of nitrogens with zero attached hydrogens (tertiary/aromatic N) is 1. The number of nitro benzene ring substituents is 1. The number of hydrogen-bond acceptors (Lipinski definition) is 6. The summed E-state index contributed by atoms with van der Waals surface area (Å²) >= 11 is 3.98. The third-order valence-electron chi connectivity index (χ3n) is 1.49. The molecule has 0 fully saturated rings. The van der Waals surface area contributed by atoms with Crippen molar-refractivity contribution in [3.63, 3.8) is 0 Å². The summed E-state index contributed by atoms with van der Waals surface area (Å²) in [6.07, 6.45) is 0. The van der Waals surface area contributed by atoms with Crippen molar-refractivity contribution in [1.82, 2.24) is 0 Å². The lowest BCUT2D eigenvalue weighted by Gasteiger charge is -2.10. The first-order valence-corrected chi connectivity index (χ1v) is 6.05. The molecule has 0 aliphatic carbocycles. The molecule has 1 unspecified atom stereocenters. The van der Waals surface area contributed by atoms with Crippen LogP contribution in [0.25, 0.3) is 0 Å². The van der Waals surface area contributed by atoms with Crippen LogP contribution < -0.4 is 0 Å². The average Bonchev–Trinajstić information content (AvgIpc) is 2.14. The molecule has 1 atom stereocenters. The smallest absolute Gasteiger partial charge is 0.269 e. The summed E-state index contributed by atoms with van der Waals surface area (Å²) in [6, 6.07) is 5.46. The fraction of sp³-hybridized carbons (Fsp3) is 0.143. The minimum absolute atomic E-state index is 0.127. The van der Waals surface area contributed by atoms with Gasteiger partial charge >= 0.3 is 0 Å². The Bertz CT molecular complexity index is 470. The first-order valence-electron chi connectivity index (χ1n) is 3.72. The largest absolute Gasteiger partial charge is 0.748 e. The minimum Gasteiger partial charge on any atom is -0.748 e. The van der Waals surface area contributed by atoms with Gasteiger partial charge in [0.05, 0.1) is 20.6 Å². The molecule has 0 bridgehead atoms. The van der Waals surface area contributed by atoms with Crippen molar-refractivity contribution in [2.45, 2.75) is 6.61 Å². The summed E-state index contributed by atoms with van der Waals surface area (Å²) in [7, 11) is -3.94. The highest BCUT2D eigenvalue weighted by Gasteiger charge is 2.05. The van der Waals surface area contributed by atoms with E-state index in [4.69, 9.17) is 0 Å². The highest BCUT2D eigenvalue weighted by atomic mass is 32.9. The SMILES string of the molecule is O=[N+]([O-])c1cccc(COS(=O)([O-])=S)c1. The molecular formula is C7H6NO5S2-. The molecule has 82 valence electrons. The molecule has 15 heavy (non-hydrogen) atoms. The van der Waals surface area contributed by atoms with E-state index in [1.54, 1.807) is 0 Å². The van der Waals surface area contributed by atoms with E-state index < -0.39 is 14.0 Å². The predicted molar refractivity (Wildman–Crippen MR) is 54.2 cm³/mol. The zero-order valence-electron chi connectivity index (χ0n) is 7.32.